The van der Waals surface area contributed by atoms with E-state index in [0.29, 0.717) is 11.1 Å². The van der Waals surface area contributed by atoms with Gasteiger partial charge in [0.2, 0.25) is 5.95 Å². The van der Waals surface area contributed by atoms with Gasteiger partial charge in [0.25, 0.3) is 0 Å². The van der Waals surface area contributed by atoms with Gasteiger partial charge in [-0.3, -0.25) is 4.98 Å². The van der Waals surface area contributed by atoms with Gasteiger partial charge in [0.05, 0.1) is 5.56 Å². The normalized spacial score (nSPS) is 10.1. The number of carbonyl (C=O) groups is 1. The third-order valence-corrected chi connectivity index (χ3v) is 2.07. The zero-order chi connectivity index (χ0) is 11.5. The first kappa shape index (κ1) is 10.2. The number of nitrogens with zero attached hydrogens (tertiary/aromatic N) is 2. The van der Waals surface area contributed by atoms with Crippen molar-refractivity contribution in [2.24, 2.45) is 0 Å². The first-order valence-corrected chi connectivity index (χ1v) is 4.47. The van der Waals surface area contributed by atoms with Crippen molar-refractivity contribution in [3.63, 3.8) is 0 Å². The molecule has 0 atom stereocenters. The van der Waals surface area contributed by atoms with Crippen molar-refractivity contribution < 1.29 is 14.3 Å². The van der Waals surface area contributed by atoms with Crippen LogP contribution in [0.15, 0.2) is 36.8 Å². The molecule has 0 aliphatic rings. The predicted octanol–water partition coefficient (Wildman–Crippen LogP) is 1.98. The Bertz CT molecular complexity index is 529. The van der Waals surface area contributed by atoms with E-state index in [9.17, 15) is 9.18 Å². The summed E-state index contributed by atoms with van der Waals surface area (Å²) in [5.41, 5.74) is 0.815. The van der Waals surface area contributed by atoms with Crippen molar-refractivity contribution in [3.05, 3.63) is 48.3 Å². The number of aromatic carboxylic acids is 1. The molecular formula is C11H7FN2O2. The van der Waals surface area contributed by atoms with Crippen LogP contribution < -0.4 is 0 Å². The molecule has 0 aliphatic carbocycles. The first-order valence-electron chi connectivity index (χ1n) is 4.47. The van der Waals surface area contributed by atoms with Gasteiger partial charge >= 0.3 is 5.97 Å². The zero-order valence-corrected chi connectivity index (χ0v) is 8.09. The van der Waals surface area contributed by atoms with E-state index >= 15 is 0 Å². The Morgan fingerprint density at radius 1 is 1.38 bits per heavy atom. The van der Waals surface area contributed by atoms with E-state index in [1.165, 1.54) is 12.4 Å². The minimum absolute atomic E-state index is 0.125. The second-order valence-electron chi connectivity index (χ2n) is 3.10. The van der Waals surface area contributed by atoms with Gasteiger partial charge in [-0.15, -0.1) is 0 Å². The molecule has 2 aromatic heterocycles. The van der Waals surface area contributed by atoms with E-state index < -0.39 is 11.9 Å². The van der Waals surface area contributed by atoms with Gasteiger partial charge in [-0.05, 0) is 6.07 Å². The molecule has 16 heavy (non-hydrogen) atoms. The Labute approximate surface area is 90.4 Å². The Morgan fingerprint density at radius 2 is 2.19 bits per heavy atom. The summed E-state index contributed by atoms with van der Waals surface area (Å²) in [6.45, 7) is 0. The summed E-state index contributed by atoms with van der Waals surface area (Å²) in [5, 5.41) is 8.94. The lowest BCUT2D eigenvalue weighted by atomic mass is 10.0. The molecule has 0 spiro atoms. The number of halogens is 1. The molecule has 0 unspecified atom stereocenters. The zero-order valence-electron chi connectivity index (χ0n) is 8.09. The van der Waals surface area contributed by atoms with Crippen LogP contribution in [0.25, 0.3) is 11.1 Å². The highest BCUT2D eigenvalue weighted by Crippen LogP contribution is 2.22. The van der Waals surface area contributed by atoms with Crippen LogP contribution in [0.4, 0.5) is 4.39 Å². The van der Waals surface area contributed by atoms with Crippen LogP contribution >= 0.6 is 0 Å². The fourth-order valence-corrected chi connectivity index (χ4v) is 1.36. The van der Waals surface area contributed by atoms with Crippen molar-refractivity contribution in [2.45, 2.75) is 0 Å². The molecule has 0 saturated carbocycles. The number of carboxylic acids is 1. The SMILES string of the molecule is O=C(O)c1cc(F)ncc1-c1cccnc1. The van der Waals surface area contributed by atoms with Crippen molar-refractivity contribution in [2.75, 3.05) is 0 Å². The number of aromatic nitrogens is 2. The van der Waals surface area contributed by atoms with Crippen LogP contribution in [0, 0.1) is 5.95 Å². The summed E-state index contributed by atoms with van der Waals surface area (Å²) in [4.78, 5) is 18.2. The van der Waals surface area contributed by atoms with Crippen molar-refractivity contribution in [3.8, 4) is 11.1 Å². The quantitative estimate of drug-likeness (QED) is 0.783. The van der Waals surface area contributed by atoms with Gasteiger partial charge < -0.3 is 5.11 Å². The standard InChI is InChI=1S/C11H7FN2O2/c12-10-4-8(11(15)16)9(6-14-10)7-2-1-3-13-5-7/h1-6H,(H,15,16). The Kier molecular flexibility index (Phi) is 2.59. The summed E-state index contributed by atoms with van der Waals surface area (Å²) in [6.07, 6.45) is 4.26. The molecule has 2 aromatic rings. The average Bonchev–Trinajstić information content (AvgIpc) is 2.30. The molecule has 80 valence electrons. The molecule has 0 fully saturated rings. The van der Waals surface area contributed by atoms with Crippen molar-refractivity contribution >= 4 is 5.97 Å². The predicted molar refractivity (Wildman–Crippen MR) is 54.4 cm³/mol. The molecule has 0 radical (unpaired) electrons. The van der Waals surface area contributed by atoms with Crippen LogP contribution in [-0.4, -0.2) is 21.0 Å². The Morgan fingerprint density at radius 3 is 2.81 bits per heavy atom. The smallest absolute Gasteiger partial charge is 0.336 e. The monoisotopic (exact) mass is 218 g/mol. The van der Waals surface area contributed by atoms with Crippen LogP contribution in [-0.2, 0) is 0 Å². The molecule has 0 saturated heterocycles. The van der Waals surface area contributed by atoms with Crippen molar-refractivity contribution in [1.29, 1.82) is 0 Å². The maximum absolute atomic E-state index is 12.8. The minimum atomic E-state index is -1.19. The fourth-order valence-electron chi connectivity index (χ4n) is 1.36. The van der Waals surface area contributed by atoms with Crippen LogP contribution in [0.2, 0.25) is 0 Å². The highest BCUT2D eigenvalue weighted by Gasteiger charge is 2.13. The summed E-state index contributed by atoms with van der Waals surface area (Å²) in [7, 11) is 0. The highest BCUT2D eigenvalue weighted by atomic mass is 19.1. The summed E-state index contributed by atoms with van der Waals surface area (Å²) >= 11 is 0. The van der Waals surface area contributed by atoms with Gasteiger partial charge in [-0.2, -0.15) is 4.39 Å². The van der Waals surface area contributed by atoms with Gasteiger partial charge in [0, 0.05) is 35.8 Å². The van der Waals surface area contributed by atoms with E-state index in [1.54, 1.807) is 18.3 Å². The van der Waals surface area contributed by atoms with Crippen LogP contribution in [0.5, 0.6) is 0 Å². The maximum Gasteiger partial charge on any atom is 0.336 e. The van der Waals surface area contributed by atoms with E-state index in [0.717, 1.165) is 6.07 Å². The van der Waals surface area contributed by atoms with Crippen LogP contribution in [0.3, 0.4) is 0 Å². The summed E-state index contributed by atoms with van der Waals surface area (Å²) in [5.74, 6) is -2.01. The van der Waals surface area contributed by atoms with Gasteiger partial charge in [0.1, 0.15) is 0 Å². The second-order valence-corrected chi connectivity index (χ2v) is 3.10. The third kappa shape index (κ3) is 1.88. The van der Waals surface area contributed by atoms with Gasteiger partial charge in [-0.1, -0.05) is 6.07 Å². The largest absolute Gasteiger partial charge is 0.478 e. The molecule has 1 N–H and O–H groups in total. The molecule has 0 aliphatic heterocycles. The lowest BCUT2D eigenvalue weighted by Gasteiger charge is -2.04. The molecular weight excluding hydrogens is 211 g/mol. The molecule has 2 rings (SSSR count). The number of carboxylic acid groups (broad SMARTS) is 1. The van der Waals surface area contributed by atoms with Crippen LogP contribution in [0.1, 0.15) is 10.4 Å². The summed E-state index contributed by atoms with van der Waals surface area (Å²) in [6, 6.07) is 4.25. The molecule has 5 heteroatoms. The fraction of sp³-hybridized carbons (Fsp3) is 0. The molecule has 2 heterocycles. The average molecular weight is 218 g/mol. The van der Waals surface area contributed by atoms with Gasteiger partial charge in [-0.25, -0.2) is 9.78 Å². The topological polar surface area (TPSA) is 63.1 Å². The second kappa shape index (κ2) is 4.06. The Hall–Kier alpha value is -2.30. The first-order chi connectivity index (χ1) is 7.68. The van der Waals surface area contributed by atoms with Crippen molar-refractivity contribution in [1.82, 2.24) is 9.97 Å². The number of hydrogen-bond donors (Lipinski definition) is 1. The van der Waals surface area contributed by atoms with Gasteiger partial charge in [0.15, 0.2) is 0 Å². The maximum atomic E-state index is 12.8. The van der Waals surface area contributed by atoms with E-state index in [-0.39, 0.29) is 5.56 Å². The third-order valence-electron chi connectivity index (χ3n) is 2.07. The van der Waals surface area contributed by atoms with E-state index in [1.807, 2.05) is 0 Å². The van der Waals surface area contributed by atoms with E-state index in [2.05, 4.69) is 9.97 Å². The minimum Gasteiger partial charge on any atom is -0.478 e. The molecule has 0 bridgehead atoms. The number of pyridine rings is 2. The lowest BCUT2D eigenvalue weighted by Crippen LogP contribution is -2.02. The molecule has 0 aromatic carbocycles. The molecule has 0 amide bonds. The van der Waals surface area contributed by atoms with E-state index in [4.69, 9.17) is 5.11 Å². The molecule has 4 nitrogen and oxygen atoms in total. The summed E-state index contributed by atoms with van der Waals surface area (Å²) < 4.78 is 12.8. The number of hydrogen-bond acceptors (Lipinski definition) is 3. The lowest BCUT2D eigenvalue weighted by molar-refractivity contribution is 0.0697. The Balaban J connectivity index is 2.61. The number of rotatable bonds is 2. The highest BCUT2D eigenvalue weighted by molar-refractivity contribution is 5.95.